The lowest BCUT2D eigenvalue weighted by Crippen LogP contribution is -2.56. The number of aliphatic hydroxyl groups excluding tert-OH is 3. The van der Waals surface area contributed by atoms with Gasteiger partial charge in [0.05, 0.1) is 6.61 Å². The van der Waals surface area contributed by atoms with Crippen LogP contribution in [0.15, 0.2) is 4.99 Å². The van der Waals surface area contributed by atoms with E-state index in [0.29, 0.717) is 5.90 Å². The fourth-order valence-electron chi connectivity index (χ4n) is 1.71. The van der Waals surface area contributed by atoms with Crippen LogP contribution in [0.3, 0.4) is 0 Å². The van der Waals surface area contributed by atoms with E-state index in [9.17, 15) is 10.2 Å². The van der Waals surface area contributed by atoms with Gasteiger partial charge in [-0.25, -0.2) is 4.99 Å². The largest absolute Gasteiger partial charge is 0.450 e. The van der Waals surface area contributed by atoms with E-state index in [4.69, 9.17) is 14.6 Å². The van der Waals surface area contributed by atoms with Gasteiger partial charge >= 0.3 is 0 Å². The minimum absolute atomic E-state index is 0.357. The molecular formula is C8H13NO5. The molecule has 80 valence electrons. The maximum Gasteiger partial charge on any atom is 0.227 e. The maximum atomic E-state index is 9.64. The molecular weight excluding hydrogens is 190 g/mol. The molecule has 1 saturated heterocycles. The number of hydrogen-bond donors (Lipinski definition) is 3. The molecule has 0 aromatic heterocycles. The first kappa shape index (κ1) is 9.85. The normalized spacial score (nSPS) is 46.9. The van der Waals surface area contributed by atoms with E-state index in [1.165, 1.54) is 0 Å². The van der Waals surface area contributed by atoms with E-state index < -0.39 is 30.6 Å². The molecule has 5 atom stereocenters. The number of fused-ring (bicyclic) bond motifs is 1. The SMILES string of the molecule is CC1=NC2C(O1)O[C@@H](CO)[C@H](O)[C@H]2O. The lowest BCUT2D eigenvalue weighted by molar-refractivity contribution is -0.234. The van der Waals surface area contributed by atoms with E-state index in [0.717, 1.165) is 0 Å². The van der Waals surface area contributed by atoms with Crippen molar-refractivity contribution in [2.24, 2.45) is 4.99 Å². The molecule has 6 nitrogen and oxygen atoms in total. The van der Waals surface area contributed by atoms with Crippen molar-refractivity contribution in [2.75, 3.05) is 6.61 Å². The second kappa shape index (κ2) is 3.47. The third-order valence-electron chi connectivity index (χ3n) is 2.47. The summed E-state index contributed by atoms with van der Waals surface area (Å²) in [7, 11) is 0. The van der Waals surface area contributed by atoms with Gasteiger partial charge in [-0.05, 0) is 0 Å². The van der Waals surface area contributed by atoms with E-state index >= 15 is 0 Å². The summed E-state index contributed by atoms with van der Waals surface area (Å²) in [4.78, 5) is 3.99. The molecule has 0 aliphatic carbocycles. The van der Waals surface area contributed by atoms with Crippen molar-refractivity contribution in [3.63, 3.8) is 0 Å². The second-order valence-corrected chi connectivity index (χ2v) is 3.46. The van der Waals surface area contributed by atoms with Crippen LogP contribution in [0.2, 0.25) is 0 Å². The third kappa shape index (κ3) is 1.40. The summed E-state index contributed by atoms with van der Waals surface area (Å²) in [5.74, 6) is 0.421. The quantitative estimate of drug-likeness (QED) is 0.469. The Kier molecular flexibility index (Phi) is 2.44. The molecule has 2 aliphatic rings. The molecule has 0 aromatic rings. The number of rotatable bonds is 1. The Morgan fingerprint density at radius 3 is 2.71 bits per heavy atom. The predicted molar refractivity (Wildman–Crippen MR) is 45.7 cm³/mol. The zero-order valence-electron chi connectivity index (χ0n) is 7.70. The van der Waals surface area contributed by atoms with Crippen LogP contribution in [0.4, 0.5) is 0 Å². The maximum absolute atomic E-state index is 9.64. The second-order valence-electron chi connectivity index (χ2n) is 3.46. The van der Waals surface area contributed by atoms with Crippen molar-refractivity contribution < 1.29 is 24.8 Å². The van der Waals surface area contributed by atoms with Gasteiger partial charge in [0.1, 0.15) is 24.4 Å². The molecule has 0 radical (unpaired) electrons. The van der Waals surface area contributed by atoms with Gasteiger partial charge in [-0.15, -0.1) is 0 Å². The molecule has 1 fully saturated rings. The fourth-order valence-corrected chi connectivity index (χ4v) is 1.71. The highest BCUT2D eigenvalue weighted by Crippen LogP contribution is 2.28. The monoisotopic (exact) mass is 203 g/mol. The van der Waals surface area contributed by atoms with Gasteiger partial charge in [-0.2, -0.15) is 0 Å². The van der Waals surface area contributed by atoms with Crippen molar-refractivity contribution >= 4 is 5.90 Å². The average molecular weight is 203 g/mol. The zero-order chi connectivity index (χ0) is 10.3. The van der Waals surface area contributed by atoms with Crippen LogP contribution in [0.1, 0.15) is 6.92 Å². The minimum Gasteiger partial charge on any atom is -0.450 e. The summed E-state index contributed by atoms with van der Waals surface area (Å²) < 4.78 is 10.4. The summed E-state index contributed by atoms with van der Waals surface area (Å²) in [5, 5.41) is 28.0. The Morgan fingerprint density at radius 2 is 2.07 bits per heavy atom. The van der Waals surface area contributed by atoms with Crippen LogP contribution < -0.4 is 0 Å². The summed E-state index contributed by atoms with van der Waals surface area (Å²) in [5.41, 5.74) is 0. The standard InChI is InChI=1S/C8H13NO5/c1-3-9-5-7(12)6(11)4(2-10)14-8(5)13-3/h4-8,10-12H,2H2,1H3/t4-,5?,6-,7-,8?/m0/s1. The molecule has 0 bridgehead atoms. The Morgan fingerprint density at radius 1 is 1.36 bits per heavy atom. The van der Waals surface area contributed by atoms with Crippen LogP contribution in [0, 0.1) is 0 Å². The first-order valence-corrected chi connectivity index (χ1v) is 4.47. The molecule has 2 unspecified atom stereocenters. The van der Waals surface area contributed by atoms with Crippen LogP contribution >= 0.6 is 0 Å². The molecule has 0 amide bonds. The van der Waals surface area contributed by atoms with Gasteiger partial charge < -0.3 is 24.8 Å². The van der Waals surface area contributed by atoms with E-state index in [1.807, 2.05) is 0 Å². The van der Waals surface area contributed by atoms with E-state index in [-0.39, 0.29) is 6.61 Å². The number of hydrogen-bond acceptors (Lipinski definition) is 6. The molecule has 0 aromatic carbocycles. The number of aliphatic imine (C=N–C) groups is 1. The summed E-state index contributed by atoms with van der Waals surface area (Å²) in [6, 6.07) is -0.590. The molecule has 3 N–H and O–H groups in total. The smallest absolute Gasteiger partial charge is 0.227 e. The van der Waals surface area contributed by atoms with E-state index in [1.54, 1.807) is 6.92 Å². The number of nitrogens with zero attached hydrogens (tertiary/aromatic N) is 1. The average Bonchev–Trinajstić information content (AvgIpc) is 2.52. The Labute approximate surface area is 80.8 Å². The molecule has 14 heavy (non-hydrogen) atoms. The summed E-state index contributed by atoms with van der Waals surface area (Å²) >= 11 is 0. The van der Waals surface area contributed by atoms with Crippen molar-refractivity contribution in [2.45, 2.75) is 37.6 Å². The number of aliphatic hydroxyl groups is 3. The van der Waals surface area contributed by atoms with E-state index in [2.05, 4.69) is 4.99 Å². The lowest BCUT2D eigenvalue weighted by Gasteiger charge is -2.36. The Hall–Kier alpha value is -0.690. The zero-order valence-corrected chi connectivity index (χ0v) is 7.70. The van der Waals surface area contributed by atoms with Crippen molar-refractivity contribution in [1.82, 2.24) is 0 Å². The van der Waals surface area contributed by atoms with Gasteiger partial charge in [0.2, 0.25) is 6.29 Å². The van der Waals surface area contributed by atoms with Crippen molar-refractivity contribution in [1.29, 1.82) is 0 Å². The lowest BCUT2D eigenvalue weighted by atomic mass is 9.98. The van der Waals surface area contributed by atoms with Crippen molar-refractivity contribution in [3.8, 4) is 0 Å². The van der Waals surface area contributed by atoms with Crippen LogP contribution in [0.5, 0.6) is 0 Å². The first-order chi connectivity index (χ1) is 6.63. The summed E-state index contributed by atoms with van der Waals surface area (Å²) in [6.45, 7) is 1.29. The third-order valence-corrected chi connectivity index (χ3v) is 2.47. The van der Waals surface area contributed by atoms with Gasteiger partial charge in [-0.1, -0.05) is 0 Å². The minimum atomic E-state index is -1.13. The van der Waals surface area contributed by atoms with Crippen molar-refractivity contribution in [3.05, 3.63) is 0 Å². The molecule has 0 saturated carbocycles. The fraction of sp³-hybridized carbons (Fsp3) is 0.875. The highest BCUT2D eigenvalue weighted by Gasteiger charge is 2.48. The summed E-state index contributed by atoms with van der Waals surface area (Å²) in [6.07, 6.45) is -3.68. The first-order valence-electron chi connectivity index (χ1n) is 4.47. The molecule has 0 spiro atoms. The van der Waals surface area contributed by atoms with Gasteiger partial charge in [0.25, 0.3) is 0 Å². The number of ether oxygens (including phenoxy) is 2. The topological polar surface area (TPSA) is 91.5 Å². The van der Waals surface area contributed by atoms with Gasteiger partial charge in [0.15, 0.2) is 5.90 Å². The molecule has 6 heteroatoms. The molecule has 2 rings (SSSR count). The Balaban J connectivity index is 2.14. The van der Waals surface area contributed by atoms with Crippen LogP contribution in [0.25, 0.3) is 0 Å². The highest BCUT2D eigenvalue weighted by atomic mass is 16.7. The molecule has 2 heterocycles. The van der Waals surface area contributed by atoms with Gasteiger partial charge in [-0.3, -0.25) is 0 Å². The van der Waals surface area contributed by atoms with Crippen LogP contribution in [-0.4, -0.2) is 58.5 Å². The van der Waals surface area contributed by atoms with Crippen LogP contribution in [-0.2, 0) is 9.47 Å². The predicted octanol–water partition coefficient (Wildman–Crippen LogP) is -1.76. The van der Waals surface area contributed by atoms with Gasteiger partial charge in [0, 0.05) is 6.92 Å². The Bertz CT molecular complexity index is 256. The molecule has 2 aliphatic heterocycles. The highest BCUT2D eigenvalue weighted by molar-refractivity contribution is 5.75.